The minimum absolute atomic E-state index is 0.0225. The fraction of sp³-hybridized carbons (Fsp3) is 0.207. The summed E-state index contributed by atoms with van der Waals surface area (Å²) in [5.41, 5.74) is 5.19. The van der Waals surface area contributed by atoms with Gasteiger partial charge in [0.1, 0.15) is 11.5 Å². The number of ether oxygens (including phenoxy) is 1. The molecular formula is C29H28N4O4. The van der Waals surface area contributed by atoms with Gasteiger partial charge in [-0.15, -0.1) is 0 Å². The van der Waals surface area contributed by atoms with Crippen molar-refractivity contribution in [1.29, 1.82) is 0 Å². The van der Waals surface area contributed by atoms with Gasteiger partial charge in [-0.05, 0) is 55.3 Å². The molecule has 2 heterocycles. The molecular weight excluding hydrogens is 468 g/mol. The van der Waals surface area contributed by atoms with Crippen LogP contribution in [-0.2, 0) is 9.59 Å². The smallest absolute Gasteiger partial charge is 0.302 e. The number of aryl methyl sites for hydroxylation is 2. The zero-order valence-electron chi connectivity index (χ0n) is 21.4. The first kappa shape index (κ1) is 24.1. The number of anilines is 2. The quantitative estimate of drug-likeness (QED) is 0.232. The van der Waals surface area contributed by atoms with Gasteiger partial charge in [0, 0.05) is 31.4 Å². The fourth-order valence-corrected chi connectivity index (χ4v) is 4.67. The van der Waals surface area contributed by atoms with Crippen LogP contribution in [0.2, 0.25) is 0 Å². The molecule has 1 aliphatic heterocycles. The second-order valence-corrected chi connectivity index (χ2v) is 9.42. The second kappa shape index (κ2) is 9.13. The highest BCUT2D eigenvalue weighted by Gasteiger charge is 2.48. The van der Waals surface area contributed by atoms with Crippen LogP contribution in [0.4, 0.5) is 11.6 Å². The molecule has 1 atom stereocenters. The number of ketones is 1. The number of nitrogens with zero attached hydrogens (tertiary/aromatic N) is 3. The Kier molecular flexibility index (Phi) is 5.95. The van der Waals surface area contributed by atoms with Gasteiger partial charge in [0.2, 0.25) is 5.95 Å². The molecule has 0 radical (unpaired) electrons. The molecule has 37 heavy (non-hydrogen) atoms. The second-order valence-electron chi connectivity index (χ2n) is 9.42. The fourth-order valence-electron chi connectivity index (χ4n) is 4.67. The first-order chi connectivity index (χ1) is 17.7. The van der Waals surface area contributed by atoms with Crippen molar-refractivity contribution >= 4 is 40.1 Å². The van der Waals surface area contributed by atoms with Gasteiger partial charge < -0.3 is 19.7 Å². The molecule has 1 unspecified atom stereocenters. The van der Waals surface area contributed by atoms with Crippen LogP contribution in [0.3, 0.4) is 0 Å². The lowest BCUT2D eigenvalue weighted by Crippen LogP contribution is -2.30. The van der Waals surface area contributed by atoms with Crippen LogP contribution in [0, 0.1) is 13.8 Å². The van der Waals surface area contributed by atoms with E-state index in [0.29, 0.717) is 27.9 Å². The summed E-state index contributed by atoms with van der Waals surface area (Å²) >= 11 is 0. The van der Waals surface area contributed by atoms with Gasteiger partial charge in [-0.2, -0.15) is 0 Å². The highest BCUT2D eigenvalue weighted by Crippen LogP contribution is 2.42. The average Bonchev–Trinajstić information content (AvgIpc) is 3.42. The standard InChI is InChI=1S/C29H28N4O4/c1-16-6-7-17(2)21(14-16)26(34)24-25(18-8-10-19(11-9-18)32(3)4)33(28(36)27(24)35)29-30-22-13-12-20(37-5)15-23(22)31-29/h6-15,25,34H,1-5H3,(H,30,31)/b26-24+. The number of imidazole rings is 1. The van der Waals surface area contributed by atoms with E-state index in [4.69, 9.17) is 4.74 Å². The molecule has 1 fully saturated rings. The van der Waals surface area contributed by atoms with E-state index >= 15 is 0 Å². The number of methoxy groups -OCH3 is 1. The third-order valence-corrected chi connectivity index (χ3v) is 6.72. The normalized spacial score (nSPS) is 17.0. The summed E-state index contributed by atoms with van der Waals surface area (Å²) < 4.78 is 5.31. The molecule has 1 amide bonds. The summed E-state index contributed by atoms with van der Waals surface area (Å²) in [4.78, 5) is 38.1. The molecule has 0 saturated carbocycles. The van der Waals surface area contributed by atoms with Crippen LogP contribution in [0.1, 0.15) is 28.3 Å². The van der Waals surface area contributed by atoms with Crippen molar-refractivity contribution in [3.63, 3.8) is 0 Å². The lowest BCUT2D eigenvalue weighted by molar-refractivity contribution is -0.132. The van der Waals surface area contributed by atoms with Crippen molar-refractivity contribution in [2.45, 2.75) is 19.9 Å². The number of aromatic amines is 1. The van der Waals surface area contributed by atoms with E-state index in [9.17, 15) is 14.7 Å². The zero-order valence-corrected chi connectivity index (χ0v) is 21.4. The van der Waals surface area contributed by atoms with E-state index in [0.717, 1.165) is 16.8 Å². The van der Waals surface area contributed by atoms with Crippen LogP contribution < -0.4 is 14.5 Å². The van der Waals surface area contributed by atoms with E-state index in [1.54, 1.807) is 25.3 Å². The Hall–Kier alpha value is -4.59. The Morgan fingerprint density at radius 3 is 2.43 bits per heavy atom. The van der Waals surface area contributed by atoms with Crippen LogP contribution in [0.5, 0.6) is 5.75 Å². The number of benzene rings is 3. The highest BCUT2D eigenvalue weighted by atomic mass is 16.5. The summed E-state index contributed by atoms with van der Waals surface area (Å²) in [5.74, 6) is -0.887. The van der Waals surface area contributed by atoms with Crippen molar-refractivity contribution in [2.75, 3.05) is 31.0 Å². The van der Waals surface area contributed by atoms with E-state index < -0.39 is 17.7 Å². The van der Waals surface area contributed by atoms with Crippen molar-refractivity contribution < 1.29 is 19.4 Å². The van der Waals surface area contributed by atoms with E-state index in [1.807, 2.05) is 75.3 Å². The lowest BCUT2D eigenvalue weighted by Gasteiger charge is -2.24. The topological polar surface area (TPSA) is 98.8 Å². The summed E-state index contributed by atoms with van der Waals surface area (Å²) in [7, 11) is 5.44. The Morgan fingerprint density at radius 1 is 1.03 bits per heavy atom. The molecule has 8 heteroatoms. The van der Waals surface area contributed by atoms with Gasteiger partial charge in [0.25, 0.3) is 5.78 Å². The largest absolute Gasteiger partial charge is 0.507 e. The Labute approximate surface area is 214 Å². The minimum Gasteiger partial charge on any atom is -0.507 e. The lowest BCUT2D eigenvalue weighted by atomic mass is 9.93. The highest BCUT2D eigenvalue weighted by molar-refractivity contribution is 6.51. The van der Waals surface area contributed by atoms with Crippen LogP contribution in [-0.4, -0.2) is 48.0 Å². The number of rotatable bonds is 5. The first-order valence-electron chi connectivity index (χ1n) is 11.9. The maximum atomic E-state index is 13.5. The summed E-state index contributed by atoms with van der Waals surface area (Å²) in [6.07, 6.45) is 0. The van der Waals surface area contributed by atoms with E-state index in [1.165, 1.54) is 4.90 Å². The molecule has 4 aromatic rings. The monoisotopic (exact) mass is 496 g/mol. The summed E-state index contributed by atoms with van der Waals surface area (Å²) in [6.45, 7) is 3.77. The number of carbonyl (C=O) groups is 2. The summed E-state index contributed by atoms with van der Waals surface area (Å²) in [6, 6.07) is 17.6. The first-order valence-corrected chi connectivity index (χ1v) is 11.9. The van der Waals surface area contributed by atoms with E-state index in [-0.39, 0.29) is 17.3 Å². The van der Waals surface area contributed by atoms with Crippen molar-refractivity contribution in [3.05, 3.63) is 88.5 Å². The predicted octanol–water partition coefficient (Wildman–Crippen LogP) is 4.88. The van der Waals surface area contributed by atoms with Gasteiger partial charge in [-0.25, -0.2) is 4.98 Å². The molecule has 1 aliphatic rings. The number of hydrogen-bond acceptors (Lipinski definition) is 6. The maximum Gasteiger partial charge on any atom is 0.302 e. The van der Waals surface area contributed by atoms with E-state index in [2.05, 4.69) is 9.97 Å². The zero-order chi connectivity index (χ0) is 26.4. The number of fused-ring (bicyclic) bond motifs is 1. The molecule has 0 aliphatic carbocycles. The maximum absolute atomic E-state index is 13.5. The van der Waals surface area contributed by atoms with Crippen LogP contribution in [0.15, 0.2) is 66.2 Å². The average molecular weight is 497 g/mol. The van der Waals surface area contributed by atoms with Gasteiger partial charge in [-0.3, -0.25) is 14.5 Å². The van der Waals surface area contributed by atoms with Gasteiger partial charge in [-0.1, -0.05) is 29.8 Å². The van der Waals surface area contributed by atoms with Gasteiger partial charge in [0.15, 0.2) is 0 Å². The van der Waals surface area contributed by atoms with Crippen molar-refractivity contribution in [2.24, 2.45) is 0 Å². The third kappa shape index (κ3) is 4.10. The number of hydrogen-bond donors (Lipinski definition) is 2. The van der Waals surface area contributed by atoms with Gasteiger partial charge in [0.05, 0.1) is 29.8 Å². The number of aliphatic hydroxyl groups is 1. The summed E-state index contributed by atoms with van der Waals surface area (Å²) in [5, 5.41) is 11.5. The Balaban J connectivity index is 1.73. The number of carbonyl (C=O) groups excluding carboxylic acids is 2. The van der Waals surface area contributed by atoms with Crippen LogP contribution in [0.25, 0.3) is 16.8 Å². The molecule has 188 valence electrons. The molecule has 0 spiro atoms. The number of nitrogens with one attached hydrogen (secondary N) is 1. The Morgan fingerprint density at radius 2 is 1.76 bits per heavy atom. The number of aliphatic hydroxyl groups excluding tert-OH is 1. The molecule has 2 N–H and O–H groups in total. The molecule has 0 bridgehead atoms. The van der Waals surface area contributed by atoms with Crippen molar-refractivity contribution in [1.82, 2.24) is 9.97 Å². The number of Topliss-reactive ketones (excluding diaryl/α,β-unsaturated/α-hetero) is 1. The number of amides is 1. The number of aromatic nitrogens is 2. The number of H-pyrrole nitrogens is 1. The van der Waals surface area contributed by atoms with Crippen LogP contribution >= 0.6 is 0 Å². The Bertz CT molecular complexity index is 1570. The molecule has 3 aromatic carbocycles. The predicted molar refractivity (Wildman–Crippen MR) is 144 cm³/mol. The SMILES string of the molecule is COc1ccc2nc(N3C(=O)C(=O)/C(=C(/O)c4cc(C)ccc4C)C3c3ccc(N(C)C)cc3)[nH]c2c1. The molecule has 8 nitrogen and oxygen atoms in total. The van der Waals surface area contributed by atoms with Gasteiger partial charge >= 0.3 is 5.91 Å². The molecule has 1 saturated heterocycles. The molecule has 1 aromatic heterocycles. The van der Waals surface area contributed by atoms with Crippen molar-refractivity contribution in [3.8, 4) is 5.75 Å². The molecule has 5 rings (SSSR count). The third-order valence-electron chi connectivity index (χ3n) is 6.72. The minimum atomic E-state index is -0.876.